The van der Waals surface area contributed by atoms with Crippen LogP contribution in [0.4, 0.5) is 5.69 Å². The van der Waals surface area contributed by atoms with Crippen molar-refractivity contribution in [2.45, 2.75) is 26.2 Å². The second-order valence-corrected chi connectivity index (χ2v) is 7.42. The van der Waals surface area contributed by atoms with Crippen LogP contribution in [0, 0.1) is 6.92 Å². The van der Waals surface area contributed by atoms with Gasteiger partial charge in [0.2, 0.25) is 0 Å². The van der Waals surface area contributed by atoms with Crippen LogP contribution in [0.5, 0.6) is 0 Å². The third kappa shape index (κ3) is 3.15. The van der Waals surface area contributed by atoms with Gasteiger partial charge >= 0.3 is 0 Å². The number of amides is 2. The molecule has 1 saturated heterocycles. The van der Waals surface area contributed by atoms with Crippen LogP contribution in [0.15, 0.2) is 54.2 Å². The molecule has 0 N–H and O–H groups in total. The summed E-state index contributed by atoms with van der Waals surface area (Å²) in [5, 5.41) is 0.542. The number of benzene rings is 2. The van der Waals surface area contributed by atoms with E-state index in [2.05, 4.69) is 4.90 Å². The maximum Gasteiger partial charge on any atom is 0.282 e. The van der Waals surface area contributed by atoms with Crippen molar-refractivity contribution in [3.8, 4) is 0 Å². The van der Waals surface area contributed by atoms with Crippen molar-refractivity contribution < 1.29 is 9.59 Å². The van der Waals surface area contributed by atoms with Crippen LogP contribution in [0.1, 0.15) is 30.4 Å². The van der Waals surface area contributed by atoms with E-state index in [1.165, 1.54) is 4.90 Å². The molecule has 0 radical (unpaired) electrons. The van der Waals surface area contributed by atoms with E-state index in [1.54, 1.807) is 12.1 Å². The topological polar surface area (TPSA) is 40.6 Å². The fraction of sp³-hybridized carbons (Fsp3) is 0.273. The van der Waals surface area contributed by atoms with E-state index < -0.39 is 0 Å². The van der Waals surface area contributed by atoms with E-state index in [0.29, 0.717) is 22.0 Å². The number of rotatable bonds is 3. The van der Waals surface area contributed by atoms with Crippen molar-refractivity contribution >= 4 is 34.7 Å². The van der Waals surface area contributed by atoms with E-state index >= 15 is 0 Å². The summed E-state index contributed by atoms with van der Waals surface area (Å²) in [4.78, 5) is 30.0. The lowest BCUT2D eigenvalue weighted by atomic mass is 10.0. The smallest absolute Gasteiger partial charge is 0.282 e. The third-order valence-corrected chi connectivity index (χ3v) is 5.61. The molecule has 0 bridgehead atoms. The van der Waals surface area contributed by atoms with Crippen LogP contribution in [0.2, 0.25) is 5.02 Å². The minimum atomic E-state index is -0.285. The van der Waals surface area contributed by atoms with Crippen LogP contribution >= 0.6 is 11.6 Å². The molecule has 1 fully saturated rings. The maximum atomic E-state index is 13.4. The van der Waals surface area contributed by atoms with E-state index in [-0.39, 0.29) is 11.8 Å². The second kappa shape index (κ2) is 7.20. The summed E-state index contributed by atoms with van der Waals surface area (Å²) in [6.45, 7) is 3.49. The Labute approximate surface area is 164 Å². The molecule has 0 aromatic heterocycles. The molecule has 27 heavy (non-hydrogen) atoms. The number of anilines is 1. The van der Waals surface area contributed by atoms with Crippen molar-refractivity contribution in [3.05, 3.63) is 70.4 Å². The fourth-order valence-electron chi connectivity index (χ4n) is 3.75. The number of carbonyl (C=O) groups excluding carboxylic acids is 2. The Morgan fingerprint density at radius 3 is 2.26 bits per heavy atom. The number of hydrogen-bond acceptors (Lipinski definition) is 3. The van der Waals surface area contributed by atoms with Gasteiger partial charge in [0, 0.05) is 18.1 Å². The van der Waals surface area contributed by atoms with Crippen molar-refractivity contribution in [2.24, 2.45) is 0 Å². The molecule has 0 spiro atoms. The van der Waals surface area contributed by atoms with Crippen LogP contribution in [-0.2, 0) is 9.59 Å². The van der Waals surface area contributed by atoms with Crippen molar-refractivity contribution in [3.63, 3.8) is 0 Å². The molecule has 2 aromatic rings. The summed E-state index contributed by atoms with van der Waals surface area (Å²) in [5.74, 6) is -0.549. The van der Waals surface area contributed by atoms with Gasteiger partial charge in [0.1, 0.15) is 5.70 Å². The number of carbonyl (C=O) groups is 2. The van der Waals surface area contributed by atoms with Gasteiger partial charge in [-0.2, -0.15) is 0 Å². The second-order valence-electron chi connectivity index (χ2n) is 7.02. The number of nitrogens with zero attached hydrogens (tertiary/aromatic N) is 2. The molecule has 4 nitrogen and oxygen atoms in total. The molecule has 4 rings (SSSR count). The SMILES string of the molecule is Cc1ccc(N2C(=O)C(c3ccccc3)=C(N3CCCCC3)C2=O)cc1Cl. The molecule has 0 aliphatic carbocycles. The zero-order chi connectivity index (χ0) is 19.0. The molecule has 0 saturated carbocycles. The van der Waals surface area contributed by atoms with Crippen LogP contribution in [0.3, 0.4) is 0 Å². The largest absolute Gasteiger partial charge is 0.366 e. The Morgan fingerprint density at radius 2 is 1.59 bits per heavy atom. The zero-order valence-corrected chi connectivity index (χ0v) is 16.0. The molecule has 138 valence electrons. The Hall–Kier alpha value is -2.59. The van der Waals surface area contributed by atoms with Gasteiger partial charge in [0.05, 0.1) is 11.3 Å². The Bertz CT molecular complexity index is 931. The molecule has 2 aromatic carbocycles. The number of halogens is 1. The molecule has 5 heteroatoms. The standard InChI is InChI=1S/C22H21ClN2O2/c1-15-10-11-17(14-18(15)23)25-21(26)19(16-8-4-2-5-9-16)20(22(25)27)24-12-6-3-7-13-24/h2,4-5,8-11,14H,3,6-7,12-13H2,1H3. The lowest BCUT2D eigenvalue weighted by Crippen LogP contribution is -2.37. The average molecular weight is 381 g/mol. The molecule has 2 heterocycles. The first-order valence-electron chi connectivity index (χ1n) is 9.27. The van der Waals surface area contributed by atoms with Crippen LogP contribution in [0.25, 0.3) is 5.57 Å². The summed E-state index contributed by atoms with van der Waals surface area (Å²) >= 11 is 6.25. The molecule has 2 amide bonds. The predicted molar refractivity (Wildman–Crippen MR) is 107 cm³/mol. The predicted octanol–water partition coefficient (Wildman–Crippen LogP) is 4.42. The highest BCUT2D eigenvalue weighted by Crippen LogP contribution is 2.36. The first-order chi connectivity index (χ1) is 13.1. The van der Waals surface area contributed by atoms with E-state index in [9.17, 15) is 9.59 Å². The van der Waals surface area contributed by atoms with Gasteiger partial charge in [-0.3, -0.25) is 9.59 Å². The summed E-state index contributed by atoms with van der Waals surface area (Å²) in [6, 6.07) is 14.8. The Balaban J connectivity index is 1.82. The lowest BCUT2D eigenvalue weighted by Gasteiger charge is -2.29. The number of aryl methyl sites for hydroxylation is 1. The quantitative estimate of drug-likeness (QED) is 0.740. The van der Waals surface area contributed by atoms with Crippen molar-refractivity contribution in [1.82, 2.24) is 4.90 Å². The van der Waals surface area contributed by atoms with Gasteiger partial charge in [0.25, 0.3) is 11.8 Å². The van der Waals surface area contributed by atoms with E-state index in [1.807, 2.05) is 43.3 Å². The molecular weight excluding hydrogens is 360 g/mol. The normalized spacial score (nSPS) is 17.9. The van der Waals surface area contributed by atoms with Crippen molar-refractivity contribution in [2.75, 3.05) is 18.0 Å². The number of likely N-dealkylation sites (tertiary alicyclic amines) is 1. The van der Waals surface area contributed by atoms with Gasteiger partial charge in [-0.1, -0.05) is 48.0 Å². The van der Waals surface area contributed by atoms with Gasteiger partial charge in [0.15, 0.2) is 0 Å². The first-order valence-corrected chi connectivity index (χ1v) is 9.65. The van der Waals surface area contributed by atoms with Gasteiger partial charge in [-0.25, -0.2) is 4.90 Å². The monoisotopic (exact) mass is 380 g/mol. The molecule has 2 aliphatic rings. The highest BCUT2D eigenvalue weighted by Gasteiger charge is 2.42. The molecular formula is C22H21ClN2O2. The molecule has 2 aliphatic heterocycles. The maximum absolute atomic E-state index is 13.4. The summed E-state index contributed by atoms with van der Waals surface area (Å²) < 4.78 is 0. The van der Waals surface area contributed by atoms with E-state index in [4.69, 9.17) is 11.6 Å². The highest BCUT2D eigenvalue weighted by molar-refractivity contribution is 6.45. The average Bonchev–Trinajstić information content (AvgIpc) is 2.96. The van der Waals surface area contributed by atoms with Gasteiger partial charge in [-0.15, -0.1) is 0 Å². The summed E-state index contributed by atoms with van der Waals surface area (Å²) in [5.41, 5.74) is 3.20. The number of piperidine rings is 1. The molecule has 0 atom stereocenters. The van der Waals surface area contributed by atoms with Gasteiger partial charge < -0.3 is 4.90 Å². The summed E-state index contributed by atoms with van der Waals surface area (Å²) in [6.07, 6.45) is 3.22. The lowest BCUT2D eigenvalue weighted by molar-refractivity contribution is -0.120. The molecule has 0 unspecified atom stereocenters. The van der Waals surface area contributed by atoms with Crippen LogP contribution < -0.4 is 4.90 Å². The fourth-order valence-corrected chi connectivity index (χ4v) is 3.92. The van der Waals surface area contributed by atoms with Gasteiger partial charge in [-0.05, 0) is 49.4 Å². The Kier molecular flexibility index (Phi) is 4.75. The number of imide groups is 1. The zero-order valence-electron chi connectivity index (χ0n) is 15.2. The summed E-state index contributed by atoms with van der Waals surface area (Å²) in [7, 11) is 0. The van der Waals surface area contributed by atoms with Crippen LogP contribution in [-0.4, -0.2) is 29.8 Å². The minimum absolute atomic E-state index is 0.263. The van der Waals surface area contributed by atoms with Crippen molar-refractivity contribution in [1.29, 1.82) is 0 Å². The highest BCUT2D eigenvalue weighted by atomic mass is 35.5. The third-order valence-electron chi connectivity index (χ3n) is 5.21. The minimum Gasteiger partial charge on any atom is -0.366 e. The Morgan fingerprint density at radius 1 is 0.889 bits per heavy atom. The number of hydrogen-bond donors (Lipinski definition) is 0. The van der Waals surface area contributed by atoms with E-state index in [0.717, 1.165) is 43.5 Å². The first kappa shape index (κ1) is 17.8.